The third-order valence-corrected chi connectivity index (χ3v) is 8.29. The number of nitrogens with one attached hydrogen (secondary N) is 1. The Kier molecular flexibility index (Phi) is 6.35. The molecule has 1 atom stereocenters. The number of halogens is 1. The molecule has 5 rings (SSSR count). The Bertz CT molecular complexity index is 1420. The lowest BCUT2D eigenvalue weighted by atomic mass is 10.1. The van der Waals surface area contributed by atoms with Gasteiger partial charge in [0.25, 0.3) is 11.8 Å². The van der Waals surface area contributed by atoms with E-state index >= 15 is 0 Å². The van der Waals surface area contributed by atoms with E-state index < -0.39 is 15.7 Å². The molecule has 2 aliphatic heterocycles. The molecule has 2 heterocycles. The Morgan fingerprint density at radius 1 is 1.06 bits per heavy atom. The van der Waals surface area contributed by atoms with Crippen molar-refractivity contribution in [1.82, 2.24) is 5.32 Å². The van der Waals surface area contributed by atoms with Crippen LogP contribution in [0.3, 0.4) is 0 Å². The number of hydrogen-bond donors (Lipinski definition) is 1. The lowest BCUT2D eigenvalue weighted by molar-refractivity contribution is 0.0857. The van der Waals surface area contributed by atoms with E-state index in [1.165, 1.54) is 35.2 Å². The van der Waals surface area contributed by atoms with E-state index in [0.29, 0.717) is 18.2 Å². The summed E-state index contributed by atoms with van der Waals surface area (Å²) in [6, 6.07) is 17.5. The number of amides is 2. The number of anilines is 1. The molecule has 0 bridgehead atoms. The maximum absolute atomic E-state index is 13.7. The third-order valence-electron chi connectivity index (χ3n) is 6.20. The van der Waals surface area contributed by atoms with Crippen molar-refractivity contribution in [1.29, 1.82) is 0 Å². The Hall–Kier alpha value is -3.20. The molecule has 3 aromatic carbocycles. The maximum Gasteiger partial charge on any atom is 0.259 e. The van der Waals surface area contributed by atoms with Crippen LogP contribution in [0.1, 0.15) is 39.1 Å². The number of benzene rings is 3. The number of fused-ring (bicyclic) bond motifs is 2. The molecular formula is C26H23ClN2O5S. The highest BCUT2D eigenvalue weighted by Crippen LogP contribution is 2.38. The van der Waals surface area contributed by atoms with Crippen LogP contribution in [0.5, 0.6) is 0 Å². The smallest absolute Gasteiger partial charge is 0.259 e. The second-order valence-corrected chi connectivity index (χ2v) is 10.9. The molecule has 0 aliphatic carbocycles. The molecule has 9 heteroatoms. The summed E-state index contributed by atoms with van der Waals surface area (Å²) in [7, 11) is -4.01. The van der Waals surface area contributed by atoms with Crippen molar-refractivity contribution >= 4 is 38.9 Å². The number of rotatable bonds is 5. The van der Waals surface area contributed by atoms with Gasteiger partial charge in [0.15, 0.2) is 0 Å². The topological polar surface area (TPSA) is 92.8 Å². The first-order valence-electron chi connectivity index (χ1n) is 11.3. The minimum absolute atomic E-state index is 0.0319. The zero-order chi connectivity index (χ0) is 24.6. The minimum Gasteiger partial charge on any atom is -0.376 e. The van der Waals surface area contributed by atoms with Crippen molar-refractivity contribution in [2.24, 2.45) is 0 Å². The SMILES string of the molecule is O=C(NC[C@H]1CCCO1)c1ccc2c(c1)N(Cc1cccc(Cl)c1)C(=O)c1ccccc1S2(=O)=O. The van der Waals surface area contributed by atoms with Crippen molar-refractivity contribution < 1.29 is 22.7 Å². The van der Waals surface area contributed by atoms with Gasteiger partial charge < -0.3 is 15.0 Å². The fourth-order valence-corrected chi connectivity index (χ4v) is 6.28. The number of ether oxygens (including phenoxy) is 1. The van der Waals surface area contributed by atoms with Crippen molar-refractivity contribution in [3.8, 4) is 0 Å². The van der Waals surface area contributed by atoms with E-state index in [0.717, 1.165) is 18.4 Å². The molecule has 0 unspecified atom stereocenters. The number of nitrogens with zero attached hydrogens (tertiary/aromatic N) is 1. The number of hydrogen-bond acceptors (Lipinski definition) is 5. The zero-order valence-corrected chi connectivity index (χ0v) is 20.3. The predicted octanol–water partition coefficient (Wildman–Crippen LogP) is 4.24. The van der Waals surface area contributed by atoms with Crippen LogP contribution in [-0.4, -0.2) is 39.5 Å². The zero-order valence-electron chi connectivity index (χ0n) is 18.7. The summed E-state index contributed by atoms with van der Waals surface area (Å²) in [6.45, 7) is 1.13. The van der Waals surface area contributed by atoms with Gasteiger partial charge in [-0.05, 0) is 60.9 Å². The van der Waals surface area contributed by atoms with Gasteiger partial charge in [0.2, 0.25) is 9.84 Å². The van der Waals surface area contributed by atoms with Gasteiger partial charge in [0, 0.05) is 23.7 Å². The first kappa shape index (κ1) is 23.5. The van der Waals surface area contributed by atoms with E-state index in [2.05, 4.69) is 5.32 Å². The molecule has 7 nitrogen and oxygen atoms in total. The second-order valence-electron chi connectivity index (χ2n) is 8.55. The monoisotopic (exact) mass is 510 g/mol. The van der Waals surface area contributed by atoms with E-state index in [1.807, 2.05) is 6.07 Å². The quantitative estimate of drug-likeness (QED) is 0.554. The summed E-state index contributed by atoms with van der Waals surface area (Å²) in [4.78, 5) is 27.9. The Morgan fingerprint density at radius 3 is 2.66 bits per heavy atom. The molecule has 35 heavy (non-hydrogen) atoms. The van der Waals surface area contributed by atoms with Crippen LogP contribution >= 0.6 is 11.6 Å². The van der Waals surface area contributed by atoms with Crippen LogP contribution in [0.15, 0.2) is 76.5 Å². The van der Waals surface area contributed by atoms with Gasteiger partial charge in [-0.2, -0.15) is 0 Å². The normalized spacial score (nSPS) is 18.5. The van der Waals surface area contributed by atoms with E-state index in [9.17, 15) is 18.0 Å². The molecule has 2 amide bonds. The summed E-state index contributed by atoms with van der Waals surface area (Å²) in [5.74, 6) is -0.836. The van der Waals surface area contributed by atoms with E-state index in [-0.39, 0.29) is 45.2 Å². The van der Waals surface area contributed by atoms with Gasteiger partial charge in [-0.3, -0.25) is 9.59 Å². The summed E-state index contributed by atoms with van der Waals surface area (Å²) in [6.07, 6.45) is 1.80. The molecule has 1 fully saturated rings. The predicted molar refractivity (Wildman–Crippen MR) is 132 cm³/mol. The lowest BCUT2D eigenvalue weighted by Crippen LogP contribution is -2.33. The molecule has 0 radical (unpaired) electrons. The van der Waals surface area contributed by atoms with Crippen LogP contribution in [0.25, 0.3) is 0 Å². The highest BCUT2D eigenvalue weighted by molar-refractivity contribution is 7.91. The molecule has 1 saturated heterocycles. The molecule has 3 aromatic rings. The van der Waals surface area contributed by atoms with Gasteiger partial charge in [0.1, 0.15) is 0 Å². The lowest BCUT2D eigenvalue weighted by Gasteiger charge is -2.23. The standard InChI is InChI=1S/C26H23ClN2O5S/c27-19-6-3-5-17(13-19)16-29-22-14-18(25(30)28-15-20-7-4-12-34-20)10-11-24(22)35(32,33)23-9-2-1-8-21(23)26(29)31/h1-3,5-6,8-11,13-14,20H,4,7,12,15-16H2,(H,28,30)/t20-/m1/s1. The fourth-order valence-electron chi connectivity index (χ4n) is 4.44. The molecule has 1 N–H and O–H groups in total. The summed E-state index contributed by atoms with van der Waals surface area (Å²) in [5.41, 5.74) is 1.21. The summed E-state index contributed by atoms with van der Waals surface area (Å²) < 4.78 is 32.7. The molecule has 0 spiro atoms. The average molecular weight is 511 g/mol. The average Bonchev–Trinajstić information content (AvgIpc) is 3.37. The first-order valence-corrected chi connectivity index (χ1v) is 13.1. The molecule has 0 aromatic heterocycles. The van der Waals surface area contributed by atoms with Gasteiger partial charge in [0.05, 0.1) is 33.7 Å². The summed E-state index contributed by atoms with van der Waals surface area (Å²) in [5, 5.41) is 3.35. The van der Waals surface area contributed by atoms with Crippen LogP contribution < -0.4 is 10.2 Å². The Morgan fingerprint density at radius 2 is 1.89 bits per heavy atom. The van der Waals surface area contributed by atoms with Crippen LogP contribution in [-0.2, 0) is 21.1 Å². The van der Waals surface area contributed by atoms with Crippen molar-refractivity contribution in [2.75, 3.05) is 18.1 Å². The van der Waals surface area contributed by atoms with Gasteiger partial charge in [-0.25, -0.2) is 8.42 Å². The summed E-state index contributed by atoms with van der Waals surface area (Å²) >= 11 is 6.15. The van der Waals surface area contributed by atoms with E-state index in [4.69, 9.17) is 16.3 Å². The molecule has 2 aliphatic rings. The van der Waals surface area contributed by atoms with Gasteiger partial charge >= 0.3 is 0 Å². The Labute approximate surface area is 208 Å². The minimum atomic E-state index is -4.01. The van der Waals surface area contributed by atoms with Gasteiger partial charge in [-0.15, -0.1) is 0 Å². The highest BCUT2D eigenvalue weighted by Gasteiger charge is 2.36. The second kappa shape index (κ2) is 9.45. The van der Waals surface area contributed by atoms with Crippen molar-refractivity contribution in [3.05, 3.63) is 88.4 Å². The molecule has 0 saturated carbocycles. The van der Waals surface area contributed by atoms with Crippen LogP contribution in [0, 0.1) is 0 Å². The third kappa shape index (κ3) is 4.57. The number of sulfone groups is 1. The number of carbonyl (C=O) groups is 2. The largest absolute Gasteiger partial charge is 0.376 e. The van der Waals surface area contributed by atoms with Crippen molar-refractivity contribution in [2.45, 2.75) is 35.3 Å². The van der Waals surface area contributed by atoms with E-state index in [1.54, 1.807) is 30.3 Å². The molecule has 180 valence electrons. The highest BCUT2D eigenvalue weighted by atomic mass is 35.5. The van der Waals surface area contributed by atoms with Gasteiger partial charge in [-0.1, -0.05) is 35.9 Å². The van der Waals surface area contributed by atoms with Crippen molar-refractivity contribution in [3.63, 3.8) is 0 Å². The van der Waals surface area contributed by atoms with Crippen LogP contribution in [0.2, 0.25) is 5.02 Å². The maximum atomic E-state index is 13.7. The molecular weight excluding hydrogens is 488 g/mol. The first-order chi connectivity index (χ1) is 16.8. The Balaban J connectivity index is 1.59. The number of carbonyl (C=O) groups excluding carboxylic acids is 2. The van der Waals surface area contributed by atoms with Crippen LogP contribution in [0.4, 0.5) is 5.69 Å². The fraction of sp³-hybridized carbons (Fsp3) is 0.231.